The molecule has 0 bridgehead atoms. The quantitative estimate of drug-likeness (QED) is 0.807. The van der Waals surface area contributed by atoms with Crippen LogP contribution in [0.1, 0.15) is 34.7 Å². The Balaban J connectivity index is 1.92. The van der Waals surface area contributed by atoms with Gasteiger partial charge in [0.25, 0.3) is 0 Å². The van der Waals surface area contributed by atoms with Crippen molar-refractivity contribution >= 4 is 34.6 Å². The van der Waals surface area contributed by atoms with Crippen molar-refractivity contribution in [2.24, 2.45) is 5.10 Å². The molecule has 2 aromatic rings. The number of benzene rings is 1. The zero-order valence-corrected chi connectivity index (χ0v) is 13.4. The Bertz CT molecular complexity index is 705. The molecule has 1 aromatic carbocycles. The van der Waals surface area contributed by atoms with Gasteiger partial charge in [-0.25, -0.2) is 5.01 Å². The molecule has 1 aliphatic heterocycles. The molecule has 3 nitrogen and oxygen atoms in total. The van der Waals surface area contributed by atoms with E-state index in [0.29, 0.717) is 5.02 Å². The number of halogens is 1. The van der Waals surface area contributed by atoms with Crippen molar-refractivity contribution in [2.75, 3.05) is 0 Å². The molecule has 2 heterocycles. The van der Waals surface area contributed by atoms with Crippen LogP contribution in [-0.2, 0) is 4.79 Å². The van der Waals surface area contributed by atoms with Crippen molar-refractivity contribution in [3.8, 4) is 0 Å². The minimum Gasteiger partial charge on any atom is -0.273 e. The first-order valence-corrected chi connectivity index (χ1v) is 7.93. The van der Waals surface area contributed by atoms with Crippen LogP contribution >= 0.6 is 22.9 Å². The van der Waals surface area contributed by atoms with Gasteiger partial charge in [-0.1, -0.05) is 23.7 Å². The normalized spacial score (nSPS) is 18.0. The van der Waals surface area contributed by atoms with Gasteiger partial charge < -0.3 is 0 Å². The molecule has 1 amide bonds. The molecule has 1 atom stereocenters. The van der Waals surface area contributed by atoms with E-state index in [1.165, 1.54) is 9.75 Å². The van der Waals surface area contributed by atoms with Crippen molar-refractivity contribution in [3.63, 3.8) is 0 Å². The Morgan fingerprint density at radius 2 is 2.00 bits per heavy atom. The van der Waals surface area contributed by atoms with Crippen LogP contribution < -0.4 is 0 Å². The minimum absolute atomic E-state index is 0.00637. The SMILES string of the molecule is CC(=O)N1N=C(c2ccc(Cl)cc2)CC1c1ccc(C)s1. The highest BCUT2D eigenvalue weighted by Gasteiger charge is 2.32. The number of rotatable bonds is 2. The number of amides is 1. The van der Waals surface area contributed by atoms with Crippen LogP contribution in [0.3, 0.4) is 0 Å². The molecule has 0 spiro atoms. The van der Waals surface area contributed by atoms with Crippen molar-refractivity contribution in [2.45, 2.75) is 26.3 Å². The van der Waals surface area contributed by atoms with Crippen molar-refractivity contribution < 1.29 is 4.79 Å². The van der Waals surface area contributed by atoms with E-state index in [2.05, 4.69) is 24.2 Å². The maximum absolute atomic E-state index is 11.9. The van der Waals surface area contributed by atoms with Gasteiger partial charge in [0.05, 0.1) is 11.8 Å². The molecule has 0 radical (unpaired) electrons. The molecule has 1 unspecified atom stereocenters. The second kappa shape index (κ2) is 5.62. The zero-order valence-electron chi connectivity index (χ0n) is 11.8. The van der Waals surface area contributed by atoms with Gasteiger partial charge in [-0.3, -0.25) is 4.79 Å². The van der Waals surface area contributed by atoms with Crippen LogP contribution in [0.4, 0.5) is 0 Å². The lowest BCUT2D eigenvalue weighted by atomic mass is 10.0. The van der Waals surface area contributed by atoms with E-state index in [1.54, 1.807) is 23.3 Å². The van der Waals surface area contributed by atoms with E-state index in [9.17, 15) is 4.79 Å². The Labute approximate surface area is 132 Å². The number of hydrogen-bond donors (Lipinski definition) is 0. The van der Waals surface area contributed by atoms with Crippen LogP contribution in [0.15, 0.2) is 41.5 Å². The first-order valence-electron chi connectivity index (χ1n) is 6.74. The van der Waals surface area contributed by atoms with E-state index in [-0.39, 0.29) is 11.9 Å². The molecule has 0 fully saturated rings. The van der Waals surface area contributed by atoms with Gasteiger partial charge in [0.1, 0.15) is 0 Å². The summed E-state index contributed by atoms with van der Waals surface area (Å²) in [6.45, 7) is 3.63. The van der Waals surface area contributed by atoms with Gasteiger partial charge in [-0.15, -0.1) is 11.3 Å². The molecule has 1 aliphatic rings. The number of nitrogens with zero attached hydrogens (tertiary/aromatic N) is 2. The molecule has 5 heteroatoms. The number of carbonyl (C=O) groups excluding carboxylic acids is 1. The van der Waals surface area contributed by atoms with Crippen molar-refractivity contribution in [3.05, 3.63) is 56.7 Å². The zero-order chi connectivity index (χ0) is 15.0. The Hall–Kier alpha value is -1.65. The highest BCUT2D eigenvalue weighted by Crippen LogP contribution is 2.36. The summed E-state index contributed by atoms with van der Waals surface area (Å²) in [4.78, 5) is 14.3. The Morgan fingerprint density at radius 1 is 1.29 bits per heavy atom. The molecule has 3 rings (SSSR count). The third-order valence-corrected chi connectivity index (χ3v) is 4.85. The van der Waals surface area contributed by atoms with Crippen LogP contribution in [0.2, 0.25) is 5.02 Å². The summed E-state index contributed by atoms with van der Waals surface area (Å²) in [5.74, 6) is -0.0324. The van der Waals surface area contributed by atoms with Crippen LogP contribution in [0, 0.1) is 6.92 Å². The fourth-order valence-corrected chi connectivity index (χ4v) is 3.56. The predicted molar refractivity (Wildman–Crippen MR) is 86.9 cm³/mol. The second-order valence-corrected chi connectivity index (χ2v) is 6.84. The fraction of sp³-hybridized carbons (Fsp3) is 0.250. The number of thiophene rings is 1. The molecule has 0 N–H and O–H groups in total. The number of hydrazone groups is 1. The summed E-state index contributed by atoms with van der Waals surface area (Å²) in [7, 11) is 0. The van der Waals surface area contributed by atoms with E-state index < -0.39 is 0 Å². The lowest BCUT2D eigenvalue weighted by molar-refractivity contribution is -0.130. The molecule has 21 heavy (non-hydrogen) atoms. The van der Waals surface area contributed by atoms with Gasteiger partial charge in [0, 0.05) is 28.1 Å². The molecule has 1 aromatic heterocycles. The first kappa shape index (κ1) is 14.3. The largest absolute Gasteiger partial charge is 0.273 e. The monoisotopic (exact) mass is 318 g/mol. The summed E-state index contributed by atoms with van der Waals surface area (Å²) >= 11 is 7.64. The molecule has 0 aliphatic carbocycles. The van der Waals surface area contributed by atoms with Gasteiger partial charge in [0.2, 0.25) is 5.91 Å². The van der Waals surface area contributed by atoms with Gasteiger partial charge in [-0.2, -0.15) is 5.10 Å². The van der Waals surface area contributed by atoms with Crippen LogP contribution in [0.5, 0.6) is 0 Å². The number of aryl methyl sites for hydroxylation is 1. The number of carbonyl (C=O) groups is 1. The lowest BCUT2D eigenvalue weighted by Gasteiger charge is -2.18. The summed E-state index contributed by atoms with van der Waals surface area (Å²) in [5.41, 5.74) is 1.94. The molecule has 0 saturated carbocycles. The lowest BCUT2D eigenvalue weighted by Crippen LogP contribution is -2.23. The van der Waals surface area contributed by atoms with Gasteiger partial charge in [0.15, 0.2) is 0 Å². The Morgan fingerprint density at radius 3 is 2.57 bits per heavy atom. The first-order chi connectivity index (χ1) is 10.0. The molecular weight excluding hydrogens is 304 g/mol. The maximum Gasteiger partial charge on any atom is 0.240 e. The molecule has 0 saturated heterocycles. The predicted octanol–water partition coefficient (Wildman–Crippen LogP) is 4.41. The summed E-state index contributed by atoms with van der Waals surface area (Å²) in [6.07, 6.45) is 0.737. The summed E-state index contributed by atoms with van der Waals surface area (Å²) in [6, 6.07) is 11.8. The van der Waals surface area contributed by atoms with Gasteiger partial charge in [-0.05, 0) is 36.8 Å². The molecule has 108 valence electrons. The average molecular weight is 319 g/mol. The standard InChI is InChI=1S/C16H15ClN2OS/c1-10-3-8-16(21-10)15-9-14(18-19(15)11(2)20)12-4-6-13(17)7-5-12/h3-8,15H,9H2,1-2H3. The highest BCUT2D eigenvalue weighted by molar-refractivity contribution is 7.12. The van der Waals surface area contributed by atoms with E-state index in [1.807, 2.05) is 24.3 Å². The minimum atomic E-state index is -0.0324. The van der Waals surface area contributed by atoms with E-state index in [0.717, 1.165) is 17.7 Å². The smallest absolute Gasteiger partial charge is 0.240 e. The Kier molecular flexibility index (Phi) is 3.83. The van der Waals surface area contributed by atoms with Crippen LogP contribution in [0.25, 0.3) is 0 Å². The van der Waals surface area contributed by atoms with Gasteiger partial charge >= 0.3 is 0 Å². The molecular formula is C16H15ClN2OS. The summed E-state index contributed by atoms with van der Waals surface area (Å²) < 4.78 is 0. The average Bonchev–Trinajstić information content (AvgIpc) is 3.05. The summed E-state index contributed by atoms with van der Waals surface area (Å²) in [5, 5.41) is 6.81. The maximum atomic E-state index is 11.9. The van der Waals surface area contributed by atoms with Crippen molar-refractivity contribution in [1.29, 1.82) is 0 Å². The second-order valence-electron chi connectivity index (χ2n) is 5.09. The number of hydrogen-bond acceptors (Lipinski definition) is 3. The third kappa shape index (κ3) is 2.87. The fourth-order valence-electron chi connectivity index (χ4n) is 2.47. The van der Waals surface area contributed by atoms with Crippen LogP contribution in [-0.4, -0.2) is 16.6 Å². The highest BCUT2D eigenvalue weighted by atomic mass is 35.5. The van der Waals surface area contributed by atoms with E-state index >= 15 is 0 Å². The third-order valence-electron chi connectivity index (χ3n) is 3.50. The van der Waals surface area contributed by atoms with Crippen molar-refractivity contribution in [1.82, 2.24) is 5.01 Å². The topological polar surface area (TPSA) is 32.7 Å². The van der Waals surface area contributed by atoms with E-state index in [4.69, 9.17) is 11.6 Å².